The Kier molecular flexibility index (Phi) is 7.33. The molecular weight excluding hydrogens is 431 g/mol. The lowest BCUT2D eigenvalue weighted by atomic mass is 9.72. The number of nitrogens with one attached hydrogen (secondary N) is 1. The van der Waals surface area contributed by atoms with Crippen LogP contribution >= 0.6 is 0 Å². The minimum atomic E-state index is -0.523. The van der Waals surface area contributed by atoms with E-state index in [1.807, 2.05) is 29.2 Å². The van der Waals surface area contributed by atoms with E-state index in [9.17, 15) is 14.0 Å². The Bertz CT molecular complexity index is 1030. The summed E-state index contributed by atoms with van der Waals surface area (Å²) in [5, 5.41) is 2.68. The maximum absolute atomic E-state index is 14.1. The molecule has 2 aromatic carbocycles. The summed E-state index contributed by atoms with van der Waals surface area (Å²) in [7, 11) is 5.78. The zero-order valence-electron chi connectivity index (χ0n) is 20.4. The van der Waals surface area contributed by atoms with Gasteiger partial charge >= 0.3 is 0 Å². The number of likely N-dealkylation sites (tertiary alicyclic amines) is 1. The molecule has 0 aliphatic carbocycles. The van der Waals surface area contributed by atoms with Crippen LogP contribution in [-0.4, -0.2) is 80.4 Å². The van der Waals surface area contributed by atoms with Crippen molar-refractivity contribution < 1.29 is 14.0 Å². The zero-order valence-corrected chi connectivity index (χ0v) is 20.4. The minimum absolute atomic E-state index is 0.0137. The van der Waals surface area contributed by atoms with Crippen molar-refractivity contribution in [2.45, 2.75) is 25.3 Å². The highest BCUT2D eigenvalue weighted by atomic mass is 19.1. The molecule has 34 heavy (non-hydrogen) atoms. The quantitative estimate of drug-likeness (QED) is 0.736. The largest absolute Gasteiger partial charge is 0.355 e. The Balaban J connectivity index is 1.58. The number of hydrogen-bond acceptors (Lipinski definition) is 4. The Morgan fingerprint density at radius 2 is 1.76 bits per heavy atom. The Hall–Kier alpha value is -2.77. The summed E-state index contributed by atoms with van der Waals surface area (Å²) in [5.74, 6) is -0.206. The number of hydrogen-bond donors (Lipinski definition) is 1. The average Bonchev–Trinajstić information content (AvgIpc) is 2.85. The van der Waals surface area contributed by atoms with Gasteiger partial charge in [0.25, 0.3) is 5.91 Å². The summed E-state index contributed by atoms with van der Waals surface area (Å²) < 4.78 is 13.9. The van der Waals surface area contributed by atoms with Crippen molar-refractivity contribution in [3.8, 4) is 0 Å². The fourth-order valence-electron chi connectivity index (χ4n) is 5.34. The van der Waals surface area contributed by atoms with Crippen molar-refractivity contribution in [1.82, 2.24) is 20.0 Å². The van der Waals surface area contributed by atoms with Crippen LogP contribution in [0, 0.1) is 11.2 Å². The van der Waals surface area contributed by atoms with Gasteiger partial charge in [0.2, 0.25) is 5.91 Å². The average molecular weight is 467 g/mol. The van der Waals surface area contributed by atoms with E-state index in [2.05, 4.69) is 29.2 Å². The molecule has 4 rings (SSSR count). The van der Waals surface area contributed by atoms with E-state index in [1.165, 1.54) is 6.07 Å². The van der Waals surface area contributed by atoms with Gasteiger partial charge in [-0.1, -0.05) is 24.3 Å². The Morgan fingerprint density at radius 3 is 2.47 bits per heavy atom. The third kappa shape index (κ3) is 5.15. The third-order valence-electron chi connectivity index (χ3n) is 7.53. The summed E-state index contributed by atoms with van der Waals surface area (Å²) >= 11 is 0. The molecule has 2 fully saturated rings. The fraction of sp³-hybridized carbons (Fsp3) is 0.481. The van der Waals surface area contributed by atoms with E-state index in [4.69, 9.17) is 0 Å². The van der Waals surface area contributed by atoms with Crippen molar-refractivity contribution in [2.24, 2.45) is 5.41 Å². The van der Waals surface area contributed by atoms with Gasteiger partial charge in [0, 0.05) is 32.2 Å². The van der Waals surface area contributed by atoms with Gasteiger partial charge in [0.15, 0.2) is 0 Å². The number of piperidine rings is 1. The molecule has 0 aromatic heterocycles. The van der Waals surface area contributed by atoms with Gasteiger partial charge in [-0.2, -0.15) is 0 Å². The van der Waals surface area contributed by atoms with E-state index < -0.39 is 5.41 Å². The van der Waals surface area contributed by atoms with E-state index in [0.717, 1.165) is 43.6 Å². The Morgan fingerprint density at radius 1 is 1.03 bits per heavy atom. The molecule has 2 aliphatic rings. The van der Waals surface area contributed by atoms with Gasteiger partial charge in [-0.05, 0) is 81.8 Å². The van der Waals surface area contributed by atoms with Crippen LogP contribution in [0.1, 0.15) is 40.4 Å². The van der Waals surface area contributed by atoms with E-state index in [0.29, 0.717) is 25.1 Å². The highest BCUT2D eigenvalue weighted by Gasteiger charge is 2.44. The second kappa shape index (κ2) is 10.2. The van der Waals surface area contributed by atoms with Gasteiger partial charge in [0.05, 0.1) is 11.5 Å². The lowest BCUT2D eigenvalue weighted by Gasteiger charge is -2.46. The van der Waals surface area contributed by atoms with Crippen LogP contribution in [0.3, 0.4) is 0 Å². The van der Waals surface area contributed by atoms with Crippen LogP contribution < -0.4 is 5.32 Å². The molecule has 1 N–H and O–H groups in total. The second-order valence-corrected chi connectivity index (χ2v) is 9.84. The monoisotopic (exact) mass is 466 g/mol. The number of nitrogens with zero attached hydrogens (tertiary/aromatic N) is 3. The first-order chi connectivity index (χ1) is 16.3. The zero-order chi connectivity index (χ0) is 24.3. The molecule has 0 spiro atoms. The Labute approximate surface area is 201 Å². The van der Waals surface area contributed by atoms with Gasteiger partial charge in [-0.3, -0.25) is 14.5 Å². The molecule has 0 bridgehead atoms. The second-order valence-electron chi connectivity index (χ2n) is 9.84. The van der Waals surface area contributed by atoms with Crippen molar-refractivity contribution >= 4 is 11.8 Å². The van der Waals surface area contributed by atoms with Crippen molar-refractivity contribution in [3.05, 3.63) is 71.0 Å². The van der Waals surface area contributed by atoms with Crippen molar-refractivity contribution in [3.63, 3.8) is 0 Å². The molecule has 0 radical (unpaired) electrons. The standard InChI is InChI=1S/C27H35FN4O2/c1-29-25(33)22-8-5-7-21(17-22)24-19-32(15-14-31(24)3)26(34)27(10-12-30(2)13-11-27)18-20-6-4-9-23(28)16-20/h4-9,16-17,24H,10-15,18-19H2,1-3H3,(H,29,33)/t24-/m0/s1. The van der Waals surface area contributed by atoms with Crippen LogP contribution in [0.15, 0.2) is 48.5 Å². The van der Waals surface area contributed by atoms with Gasteiger partial charge in [-0.25, -0.2) is 4.39 Å². The number of carbonyl (C=O) groups is 2. The first-order valence-electron chi connectivity index (χ1n) is 12.1. The number of piperazine rings is 1. The molecule has 1 atom stereocenters. The van der Waals surface area contributed by atoms with Crippen LogP contribution in [0.5, 0.6) is 0 Å². The number of amides is 2. The first kappa shape index (κ1) is 24.4. The molecular formula is C27H35FN4O2. The molecule has 2 saturated heterocycles. The first-order valence-corrected chi connectivity index (χ1v) is 12.1. The normalized spacial score (nSPS) is 21.3. The predicted octanol–water partition coefficient (Wildman–Crippen LogP) is 2.96. The highest BCUT2D eigenvalue weighted by molar-refractivity contribution is 5.94. The molecule has 182 valence electrons. The number of likely N-dealkylation sites (N-methyl/N-ethyl adjacent to an activating group) is 1. The van der Waals surface area contributed by atoms with Gasteiger partial charge < -0.3 is 15.1 Å². The lowest BCUT2D eigenvalue weighted by molar-refractivity contribution is -0.148. The SMILES string of the molecule is CNC(=O)c1cccc([C@@H]2CN(C(=O)C3(Cc4cccc(F)c4)CCN(C)CC3)CCN2C)c1. The van der Waals surface area contributed by atoms with E-state index in [-0.39, 0.29) is 23.7 Å². The summed E-state index contributed by atoms with van der Waals surface area (Å²) in [4.78, 5) is 32.8. The maximum Gasteiger partial charge on any atom is 0.251 e. The third-order valence-corrected chi connectivity index (χ3v) is 7.53. The van der Waals surface area contributed by atoms with Crippen LogP contribution in [-0.2, 0) is 11.2 Å². The summed E-state index contributed by atoms with van der Waals surface area (Å²) in [5.41, 5.74) is 2.00. The lowest BCUT2D eigenvalue weighted by Crippen LogP contribution is -2.56. The molecule has 0 unspecified atom stereocenters. The molecule has 2 heterocycles. The topological polar surface area (TPSA) is 55.9 Å². The molecule has 2 aliphatic heterocycles. The highest BCUT2D eigenvalue weighted by Crippen LogP contribution is 2.38. The number of rotatable bonds is 5. The van der Waals surface area contributed by atoms with Gasteiger partial charge in [0.1, 0.15) is 5.82 Å². The molecule has 7 heteroatoms. The van der Waals surface area contributed by atoms with E-state index in [1.54, 1.807) is 25.2 Å². The number of halogens is 1. The smallest absolute Gasteiger partial charge is 0.251 e. The van der Waals surface area contributed by atoms with Crippen LogP contribution in [0.2, 0.25) is 0 Å². The predicted molar refractivity (Wildman–Crippen MR) is 131 cm³/mol. The van der Waals surface area contributed by atoms with Crippen molar-refractivity contribution in [2.75, 3.05) is 53.9 Å². The minimum Gasteiger partial charge on any atom is -0.355 e. The van der Waals surface area contributed by atoms with Crippen LogP contribution in [0.25, 0.3) is 0 Å². The fourth-order valence-corrected chi connectivity index (χ4v) is 5.34. The summed E-state index contributed by atoms with van der Waals surface area (Å²) in [6.07, 6.45) is 2.09. The number of carbonyl (C=O) groups excluding carboxylic acids is 2. The molecule has 6 nitrogen and oxygen atoms in total. The summed E-state index contributed by atoms with van der Waals surface area (Å²) in [6, 6.07) is 14.3. The summed E-state index contributed by atoms with van der Waals surface area (Å²) in [6.45, 7) is 3.71. The van der Waals surface area contributed by atoms with E-state index >= 15 is 0 Å². The van der Waals surface area contributed by atoms with Gasteiger partial charge in [-0.15, -0.1) is 0 Å². The molecule has 0 saturated carbocycles. The van der Waals surface area contributed by atoms with Crippen molar-refractivity contribution in [1.29, 1.82) is 0 Å². The maximum atomic E-state index is 14.1. The molecule has 2 amide bonds. The molecule has 2 aromatic rings. The van der Waals surface area contributed by atoms with Crippen LogP contribution in [0.4, 0.5) is 4.39 Å². The number of benzene rings is 2.